The largest absolute Gasteiger partial charge is 0.496 e. The molecule has 0 aliphatic heterocycles. The standard InChI is InChI=1S/C18H28N2O4.ClH/c1-22-14-11-15(23-2)13-16(12-14)24-10-6-9-20-17(21)18(19)7-4-3-5-8-18;/h11-13H,3-10,19H2,1-2H3,(H,20,21);1H. The molecule has 0 heterocycles. The smallest absolute Gasteiger partial charge is 0.240 e. The van der Waals surface area contributed by atoms with E-state index in [0.29, 0.717) is 36.8 Å². The first-order valence-corrected chi connectivity index (χ1v) is 8.50. The number of benzene rings is 1. The molecule has 0 radical (unpaired) electrons. The van der Waals surface area contributed by atoms with Crippen molar-refractivity contribution in [1.82, 2.24) is 5.32 Å². The van der Waals surface area contributed by atoms with E-state index in [1.165, 1.54) is 6.42 Å². The number of hydrogen-bond donors (Lipinski definition) is 2. The Balaban J connectivity index is 0.00000312. The van der Waals surface area contributed by atoms with E-state index < -0.39 is 5.54 Å². The third kappa shape index (κ3) is 6.29. The lowest BCUT2D eigenvalue weighted by Crippen LogP contribution is -2.55. The molecule has 0 unspecified atom stereocenters. The van der Waals surface area contributed by atoms with Crippen LogP contribution in [-0.2, 0) is 4.79 Å². The molecular weight excluding hydrogens is 344 g/mol. The highest BCUT2D eigenvalue weighted by molar-refractivity contribution is 5.86. The summed E-state index contributed by atoms with van der Waals surface area (Å²) in [5.74, 6) is 2.01. The van der Waals surface area contributed by atoms with Crippen molar-refractivity contribution in [1.29, 1.82) is 0 Å². The number of carbonyl (C=O) groups excluding carboxylic acids is 1. The summed E-state index contributed by atoms with van der Waals surface area (Å²) in [7, 11) is 3.20. The number of nitrogens with two attached hydrogens (primary N) is 1. The fourth-order valence-electron chi connectivity index (χ4n) is 2.91. The highest BCUT2D eigenvalue weighted by Crippen LogP contribution is 2.27. The molecule has 25 heavy (non-hydrogen) atoms. The van der Waals surface area contributed by atoms with Crippen molar-refractivity contribution in [2.24, 2.45) is 5.73 Å². The van der Waals surface area contributed by atoms with Gasteiger partial charge in [0.05, 0.1) is 26.4 Å². The SMILES string of the molecule is COc1cc(OC)cc(OCCCNC(=O)C2(N)CCCCC2)c1.Cl. The Morgan fingerprint density at radius 1 is 1.08 bits per heavy atom. The Morgan fingerprint density at radius 2 is 1.64 bits per heavy atom. The second-order valence-corrected chi connectivity index (χ2v) is 6.22. The van der Waals surface area contributed by atoms with Gasteiger partial charge in [-0.3, -0.25) is 4.79 Å². The molecule has 0 aromatic heterocycles. The molecule has 0 saturated heterocycles. The van der Waals surface area contributed by atoms with Gasteiger partial charge in [-0.05, 0) is 19.3 Å². The van der Waals surface area contributed by atoms with Crippen LogP contribution in [0.15, 0.2) is 18.2 Å². The highest BCUT2D eigenvalue weighted by atomic mass is 35.5. The van der Waals surface area contributed by atoms with Crippen LogP contribution in [0.3, 0.4) is 0 Å². The van der Waals surface area contributed by atoms with Crippen molar-refractivity contribution in [3.05, 3.63) is 18.2 Å². The van der Waals surface area contributed by atoms with Crippen LogP contribution in [0.4, 0.5) is 0 Å². The molecule has 1 aromatic rings. The molecular formula is C18H29ClN2O4. The molecule has 1 aliphatic carbocycles. The van der Waals surface area contributed by atoms with Crippen molar-refractivity contribution >= 4 is 18.3 Å². The zero-order valence-electron chi connectivity index (χ0n) is 15.0. The first kappa shape index (κ1) is 21.4. The molecule has 1 saturated carbocycles. The van der Waals surface area contributed by atoms with Crippen LogP contribution in [0, 0.1) is 0 Å². The molecule has 1 aromatic carbocycles. The van der Waals surface area contributed by atoms with Crippen LogP contribution >= 0.6 is 12.4 Å². The molecule has 142 valence electrons. The van der Waals surface area contributed by atoms with Crippen LogP contribution < -0.4 is 25.3 Å². The third-order valence-corrected chi connectivity index (χ3v) is 4.40. The Kier molecular flexibility index (Phi) is 8.86. The first-order valence-electron chi connectivity index (χ1n) is 8.50. The monoisotopic (exact) mass is 372 g/mol. The Labute approximate surface area is 155 Å². The predicted octanol–water partition coefficient (Wildman–Crippen LogP) is 2.67. The molecule has 1 fully saturated rings. The summed E-state index contributed by atoms with van der Waals surface area (Å²) in [5, 5.41) is 2.93. The van der Waals surface area contributed by atoms with Crippen molar-refractivity contribution < 1.29 is 19.0 Å². The molecule has 7 heteroatoms. The summed E-state index contributed by atoms with van der Waals surface area (Å²) in [6, 6.07) is 5.40. The van der Waals surface area contributed by atoms with Gasteiger partial charge >= 0.3 is 0 Å². The van der Waals surface area contributed by atoms with E-state index in [4.69, 9.17) is 19.9 Å². The number of halogens is 1. The first-order chi connectivity index (χ1) is 11.6. The molecule has 3 N–H and O–H groups in total. The fourth-order valence-corrected chi connectivity index (χ4v) is 2.91. The predicted molar refractivity (Wildman–Crippen MR) is 99.9 cm³/mol. The Morgan fingerprint density at radius 3 is 2.20 bits per heavy atom. The lowest BCUT2D eigenvalue weighted by molar-refractivity contribution is -0.127. The molecule has 1 amide bonds. The van der Waals surface area contributed by atoms with Gasteiger partial charge in [0, 0.05) is 24.7 Å². The number of amides is 1. The second-order valence-electron chi connectivity index (χ2n) is 6.22. The van der Waals surface area contributed by atoms with Crippen molar-refractivity contribution in [2.75, 3.05) is 27.4 Å². The summed E-state index contributed by atoms with van der Waals surface area (Å²) in [5.41, 5.74) is 5.52. The number of hydrogen-bond acceptors (Lipinski definition) is 5. The molecule has 0 spiro atoms. The Bertz CT molecular complexity index is 526. The summed E-state index contributed by atoms with van der Waals surface area (Å²) >= 11 is 0. The minimum atomic E-state index is -0.681. The van der Waals surface area contributed by atoms with Gasteiger partial charge in [-0.1, -0.05) is 19.3 Å². The van der Waals surface area contributed by atoms with E-state index in [2.05, 4.69) is 5.32 Å². The van der Waals surface area contributed by atoms with Crippen LogP contribution in [0.5, 0.6) is 17.2 Å². The van der Waals surface area contributed by atoms with Crippen molar-refractivity contribution in [3.8, 4) is 17.2 Å². The van der Waals surface area contributed by atoms with Gasteiger partial charge in [0.25, 0.3) is 0 Å². The van der Waals surface area contributed by atoms with Crippen LogP contribution in [-0.4, -0.2) is 38.8 Å². The second kappa shape index (κ2) is 10.4. The average Bonchev–Trinajstić information content (AvgIpc) is 2.61. The van der Waals surface area contributed by atoms with Gasteiger partial charge in [-0.2, -0.15) is 0 Å². The summed E-state index contributed by atoms with van der Waals surface area (Å²) in [4.78, 5) is 12.2. The molecule has 0 bridgehead atoms. The number of rotatable bonds is 8. The lowest BCUT2D eigenvalue weighted by atomic mass is 9.82. The lowest BCUT2D eigenvalue weighted by Gasteiger charge is -2.31. The third-order valence-electron chi connectivity index (χ3n) is 4.40. The average molecular weight is 373 g/mol. The quantitative estimate of drug-likeness (QED) is 0.685. The van der Waals surface area contributed by atoms with Gasteiger partial charge in [-0.15, -0.1) is 12.4 Å². The van der Waals surface area contributed by atoms with E-state index in [9.17, 15) is 4.79 Å². The van der Waals surface area contributed by atoms with E-state index >= 15 is 0 Å². The maximum absolute atomic E-state index is 12.2. The minimum absolute atomic E-state index is 0. The maximum Gasteiger partial charge on any atom is 0.240 e. The number of carbonyl (C=O) groups is 1. The topological polar surface area (TPSA) is 82.8 Å². The maximum atomic E-state index is 12.2. The summed E-state index contributed by atoms with van der Waals surface area (Å²) in [6.07, 6.45) is 5.50. The summed E-state index contributed by atoms with van der Waals surface area (Å²) < 4.78 is 16.1. The van der Waals surface area contributed by atoms with Gasteiger partial charge < -0.3 is 25.3 Å². The fraction of sp³-hybridized carbons (Fsp3) is 0.611. The van der Waals surface area contributed by atoms with Gasteiger partial charge in [-0.25, -0.2) is 0 Å². The van der Waals surface area contributed by atoms with Crippen molar-refractivity contribution in [2.45, 2.75) is 44.1 Å². The summed E-state index contributed by atoms with van der Waals surface area (Å²) in [6.45, 7) is 1.05. The highest BCUT2D eigenvalue weighted by Gasteiger charge is 2.34. The molecule has 0 atom stereocenters. The molecule has 6 nitrogen and oxygen atoms in total. The minimum Gasteiger partial charge on any atom is -0.496 e. The van der Waals surface area contributed by atoms with Crippen LogP contribution in [0.25, 0.3) is 0 Å². The number of ether oxygens (including phenoxy) is 3. The molecule has 2 rings (SSSR count). The van der Waals surface area contributed by atoms with E-state index in [1.807, 2.05) is 0 Å². The van der Waals surface area contributed by atoms with Crippen LogP contribution in [0.1, 0.15) is 38.5 Å². The molecule has 1 aliphatic rings. The number of methoxy groups -OCH3 is 2. The normalized spacial score (nSPS) is 15.6. The van der Waals surface area contributed by atoms with Crippen LogP contribution in [0.2, 0.25) is 0 Å². The van der Waals surface area contributed by atoms with Gasteiger partial charge in [0.15, 0.2) is 0 Å². The van der Waals surface area contributed by atoms with E-state index in [0.717, 1.165) is 25.7 Å². The van der Waals surface area contributed by atoms with E-state index in [-0.39, 0.29) is 18.3 Å². The Hall–Kier alpha value is -1.66. The zero-order chi connectivity index (χ0) is 17.4. The number of nitrogens with one attached hydrogen (secondary N) is 1. The van der Waals surface area contributed by atoms with E-state index in [1.54, 1.807) is 32.4 Å². The van der Waals surface area contributed by atoms with Gasteiger partial charge in [0.2, 0.25) is 5.91 Å². The zero-order valence-corrected chi connectivity index (χ0v) is 15.8. The van der Waals surface area contributed by atoms with Crippen molar-refractivity contribution in [3.63, 3.8) is 0 Å². The van der Waals surface area contributed by atoms with Gasteiger partial charge in [0.1, 0.15) is 17.2 Å².